The Bertz CT molecular complexity index is 600. The van der Waals surface area contributed by atoms with E-state index in [1.165, 1.54) is 0 Å². The average molecular weight is 346 g/mol. The van der Waals surface area contributed by atoms with Gasteiger partial charge < -0.3 is 19.6 Å². The number of aliphatic hydroxyl groups excluding tert-OH is 1. The van der Waals surface area contributed by atoms with E-state index in [9.17, 15) is 14.7 Å². The number of ether oxygens (including phenoxy) is 1. The monoisotopic (exact) mass is 346 g/mol. The van der Waals surface area contributed by atoms with Crippen molar-refractivity contribution in [3.63, 3.8) is 0 Å². The molecule has 0 bridgehead atoms. The Kier molecular flexibility index (Phi) is 5.58. The summed E-state index contributed by atoms with van der Waals surface area (Å²) in [5, 5.41) is 9.58. The zero-order valence-electron chi connectivity index (χ0n) is 14.7. The van der Waals surface area contributed by atoms with Crippen molar-refractivity contribution in [1.82, 2.24) is 9.80 Å². The van der Waals surface area contributed by atoms with Crippen molar-refractivity contribution in [2.75, 3.05) is 33.3 Å². The van der Waals surface area contributed by atoms with Crippen molar-refractivity contribution in [3.8, 4) is 5.75 Å². The van der Waals surface area contributed by atoms with Crippen molar-refractivity contribution in [1.29, 1.82) is 0 Å². The Balaban J connectivity index is 1.52. The number of aliphatic hydroxyl groups is 1. The maximum atomic E-state index is 12.6. The second-order valence-electron chi connectivity index (χ2n) is 6.85. The molecule has 1 heterocycles. The first kappa shape index (κ1) is 17.7. The molecular weight excluding hydrogens is 320 g/mol. The average Bonchev–Trinajstić information content (AvgIpc) is 2.67. The summed E-state index contributed by atoms with van der Waals surface area (Å²) in [6, 6.07) is 7.10. The van der Waals surface area contributed by atoms with Gasteiger partial charge in [0, 0.05) is 37.7 Å². The lowest BCUT2D eigenvalue weighted by Gasteiger charge is -2.37. The largest absolute Gasteiger partial charge is 0.497 e. The Hall–Kier alpha value is -2.08. The molecule has 1 aliphatic heterocycles. The number of benzene rings is 1. The normalized spacial score (nSPS) is 24.1. The fraction of sp³-hybridized carbons (Fsp3) is 0.579. The van der Waals surface area contributed by atoms with Gasteiger partial charge in [0.25, 0.3) is 5.91 Å². The van der Waals surface area contributed by atoms with Crippen LogP contribution in [0.15, 0.2) is 24.3 Å². The van der Waals surface area contributed by atoms with E-state index in [1.54, 1.807) is 36.3 Å². The zero-order chi connectivity index (χ0) is 17.8. The molecule has 2 fully saturated rings. The summed E-state index contributed by atoms with van der Waals surface area (Å²) in [4.78, 5) is 28.8. The van der Waals surface area contributed by atoms with Gasteiger partial charge in [-0.2, -0.15) is 0 Å². The van der Waals surface area contributed by atoms with Crippen LogP contribution in [-0.2, 0) is 4.79 Å². The number of carbonyl (C=O) groups excluding carboxylic acids is 2. The molecule has 0 aromatic heterocycles. The van der Waals surface area contributed by atoms with E-state index in [4.69, 9.17) is 4.74 Å². The highest BCUT2D eigenvalue weighted by molar-refractivity contribution is 5.94. The molecule has 2 aliphatic rings. The predicted octanol–water partition coefficient (Wildman–Crippen LogP) is 1.53. The molecule has 25 heavy (non-hydrogen) atoms. The molecule has 1 aromatic rings. The SMILES string of the molecule is COc1ccc(C(=O)N2CCN(C(=O)C3CCC(O)CC3)CC2)cc1. The molecule has 6 nitrogen and oxygen atoms in total. The Morgan fingerprint density at radius 3 is 2.08 bits per heavy atom. The highest BCUT2D eigenvalue weighted by Gasteiger charge is 2.31. The molecule has 1 aromatic carbocycles. The quantitative estimate of drug-likeness (QED) is 0.901. The van der Waals surface area contributed by atoms with Crippen molar-refractivity contribution in [3.05, 3.63) is 29.8 Å². The second kappa shape index (κ2) is 7.87. The molecular formula is C19H26N2O4. The summed E-state index contributed by atoms with van der Waals surface area (Å²) < 4.78 is 5.11. The third kappa shape index (κ3) is 4.12. The van der Waals surface area contributed by atoms with E-state index in [-0.39, 0.29) is 23.8 Å². The topological polar surface area (TPSA) is 70.1 Å². The highest BCUT2D eigenvalue weighted by atomic mass is 16.5. The molecule has 0 radical (unpaired) electrons. The summed E-state index contributed by atoms with van der Waals surface area (Å²) in [6.45, 7) is 2.29. The maximum Gasteiger partial charge on any atom is 0.253 e. The van der Waals surface area contributed by atoms with Gasteiger partial charge in [0.15, 0.2) is 0 Å². The third-order valence-electron chi connectivity index (χ3n) is 5.26. The predicted molar refractivity (Wildman–Crippen MR) is 93.4 cm³/mol. The smallest absolute Gasteiger partial charge is 0.253 e. The minimum Gasteiger partial charge on any atom is -0.497 e. The second-order valence-corrected chi connectivity index (χ2v) is 6.85. The van der Waals surface area contributed by atoms with Crippen LogP contribution in [0.1, 0.15) is 36.0 Å². The van der Waals surface area contributed by atoms with Gasteiger partial charge in [0.2, 0.25) is 5.91 Å². The van der Waals surface area contributed by atoms with Gasteiger partial charge in [0.1, 0.15) is 5.75 Å². The summed E-state index contributed by atoms with van der Waals surface area (Å²) >= 11 is 0. The molecule has 6 heteroatoms. The van der Waals surface area contributed by atoms with Crippen LogP contribution in [0.5, 0.6) is 5.75 Å². The Labute approximate surface area is 148 Å². The molecule has 2 amide bonds. The standard InChI is InChI=1S/C19H26N2O4/c1-25-17-8-4-15(5-9-17)19(24)21-12-10-20(11-13-21)18(23)14-2-6-16(22)7-3-14/h4-5,8-9,14,16,22H,2-3,6-7,10-13H2,1H3. The number of carbonyl (C=O) groups is 2. The minimum atomic E-state index is -0.247. The highest BCUT2D eigenvalue weighted by Crippen LogP contribution is 2.26. The van der Waals surface area contributed by atoms with Gasteiger partial charge in [0.05, 0.1) is 13.2 Å². The van der Waals surface area contributed by atoms with Crippen LogP contribution in [0.2, 0.25) is 0 Å². The summed E-state index contributed by atoms with van der Waals surface area (Å²) in [5.41, 5.74) is 0.641. The van der Waals surface area contributed by atoms with Crippen LogP contribution >= 0.6 is 0 Å². The Morgan fingerprint density at radius 1 is 0.960 bits per heavy atom. The molecule has 0 spiro atoms. The van der Waals surface area contributed by atoms with Crippen molar-refractivity contribution in [2.45, 2.75) is 31.8 Å². The first-order valence-corrected chi connectivity index (χ1v) is 8.98. The van der Waals surface area contributed by atoms with Crippen LogP contribution in [-0.4, -0.2) is 66.1 Å². The summed E-state index contributed by atoms with van der Waals surface area (Å²) in [7, 11) is 1.60. The van der Waals surface area contributed by atoms with E-state index in [1.807, 2.05) is 4.90 Å². The van der Waals surface area contributed by atoms with Gasteiger partial charge in [-0.25, -0.2) is 0 Å². The number of rotatable bonds is 3. The molecule has 0 atom stereocenters. The molecule has 136 valence electrons. The lowest BCUT2D eigenvalue weighted by atomic mass is 9.86. The Morgan fingerprint density at radius 2 is 1.52 bits per heavy atom. The van der Waals surface area contributed by atoms with E-state index >= 15 is 0 Å². The third-order valence-corrected chi connectivity index (χ3v) is 5.26. The van der Waals surface area contributed by atoms with Crippen molar-refractivity contribution < 1.29 is 19.4 Å². The van der Waals surface area contributed by atoms with E-state index in [2.05, 4.69) is 0 Å². The molecule has 0 unspecified atom stereocenters. The van der Waals surface area contributed by atoms with Gasteiger partial charge in [-0.1, -0.05) is 0 Å². The fourth-order valence-corrected chi connectivity index (χ4v) is 3.63. The van der Waals surface area contributed by atoms with Gasteiger partial charge in [-0.3, -0.25) is 9.59 Å². The number of methoxy groups -OCH3 is 1. The zero-order valence-corrected chi connectivity index (χ0v) is 14.7. The number of amides is 2. The van der Waals surface area contributed by atoms with E-state index in [0.29, 0.717) is 44.6 Å². The number of hydrogen-bond acceptors (Lipinski definition) is 4. The number of nitrogens with zero attached hydrogens (tertiary/aromatic N) is 2. The van der Waals surface area contributed by atoms with E-state index < -0.39 is 0 Å². The minimum absolute atomic E-state index is 0.00413. The molecule has 1 aliphatic carbocycles. The van der Waals surface area contributed by atoms with Crippen molar-refractivity contribution in [2.24, 2.45) is 5.92 Å². The van der Waals surface area contributed by atoms with Gasteiger partial charge in [-0.15, -0.1) is 0 Å². The number of hydrogen-bond donors (Lipinski definition) is 1. The lowest BCUT2D eigenvalue weighted by Crippen LogP contribution is -2.52. The molecule has 1 N–H and O–H groups in total. The van der Waals surface area contributed by atoms with Gasteiger partial charge >= 0.3 is 0 Å². The lowest BCUT2D eigenvalue weighted by molar-refractivity contribution is -0.138. The molecule has 3 rings (SSSR count). The van der Waals surface area contributed by atoms with Crippen LogP contribution in [0.25, 0.3) is 0 Å². The van der Waals surface area contributed by atoms with E-state index in [0.717, 1.165) is 18.6 Å². The van der Waals surface area contributed by atoms with Crippen LogP contribution in [0.3, 0.4) is 0 Å². The van der Waals surface area contributed by atoms with Crippen LogP contribution < -0.4 is 4.74 Å². The van der Waals surface area contributed by atoms with Crippen LogP contribution in [0.4, 0.5) is 0 Å². The molecule has 1 saturated carbocycles. The summed E-state index contributed by atoms with van der Waals surface area (Å²) in [5.74, 6) is 0.941. The first-order valence-electron chi connectivity index (χ1n) is 8.98. The fourth-order valence-electron chi connectivity index (χ4n) is 3.63. The summed E-state index contributed by atoms with van der Waals surface area (Å²) in [6.07, 6.45) is 2.72. The maximum absolute atomic E-state index is 12.6. The molecule has 1 saturated heterocycles. The van der Waals surface area contributed by atoms with Crippen LogP contribution in [0, 0.1) is 5.92 Å². The van der Waals surface area contributed by atoms with Gasteiger partial charge in [-0.05, 0) is 49.9 Å². The van der Waals surface area contributed by atoms with Crippen molar-refractivity contribution >= 4 is 11.8 Å². The first-order chi connectivity index (χ1) is 12.1. The number of piperazine rings is 1.